The zero-order chi connectivity index (χ0) is 11.6. The molecule has 0 saturated carbocycles. The van der Waals surface area contributed by atoms with Gasteiger partial charge in [-0.1, -0.05) is 6.42 Å². The van der Waals surface area contributed by atoms with Gasteiger partial charge in [-0.25, -0.2) is 0 Å². The first kappa shape index (κ1) is 12.6. The molecular formula is C12H17NO3. The summed E-state index contributed by atoms with van der Waals surface area (Å²) in [6.07, 6.45) is 6.29. The van der Waals surface area contributed by atoms with E-state index in [1.54, 1.807) is 12.4 Å². The molecule has 16 heavy (non-hydrogen) atoms. The molecule has 88 valence electrons. The molecule has 1 rings (SSSR count). The maximum Gasteiger partial charge on any atom is 0.303 e. The molecule has 0 aromatic carbocycles. The Kier molecular flexibility index (Phi) is 6.18. The Balaban J connectivity index is 1.94. The number of pyridine rings is 1. The van der Waals surface area contributed by atoms with E-state index < -0.39 is 5.97 Å². The summed E-state index contributed by atoms with van der Waals surface area (Å²) in [4.78, 5) is 14.2. The predicted octanol–water partition coefficient (Wildman–Crippen LogP) is 2.24. The molecule has 0 saturated heterocycles. The quantitative estimate of drug-likeness (QED) is 0.687. The lowest BCUT2D eigenvalue weighted by atomic mass is 10.2. The number of ether oxygens (including phenoxy) is 1. The summed E-state index contributed by atoms with van der Waals surface area (Å²) in [5.74, 6) is -0.724. The number of carboxylic acid groups (broad SMARTS) is 1. The van der Waals surface area contributed by atoms with Crippen LogP contribution in [-0.2, 0) is 16.1 Å². The van der Waals surface area contributed by atoms with Gasteiger partial charge < -0.3 is 9.84 Å². The normalized spacial score (nSPS) is 10.2. The van der Waals surface area contributed by atoms with E-state index in [0.29, 0.717) is 13.2 Å². The molecule has 0 unspecified atom stereocenters. The van der Waals surface area contributed by atoms with Gasteiger partial charge in [-0.15, -0.1) is 0 Å². The predicted molar refractivity (Wildman–Crippen MR) is 60.0 cm³/mol. The SMILES string of the molecule is O=C(O)CCCCCOCc1ccncc1. The summed E-state index contributed by atoms with van der Waals surface area (Å²) in [5.41, 5.74) is 1.11. The number of hydrogen-bond acceptors (Lipinski definition) is 3. The van der Waals surface area contributed by atoms with Crippen LogP contribution in [0.15, 0.2) is 24.5 Å². The standard InChI is InChI=1S/C12H17NO3/c14-12(15)4-2-1-3-9-16-10-11-5-7-13-8-6-11/h5-8H,1-4,9-10H2,(H,14,15). The molecule has 0 aliphatic heterocycles. The fraction of sp³-hybridized carbons (Fsp3) is 0.500. The van der Waals surface area contributed by atoms with Crippen molar-refractivity contribution in [3.8, 4) is 0 Å². The van der Waals surface area contributed by atoms with Crippen LogP contribution >= 0.6 is 0 Å². The van der Waals surface area contributed by atoms with Crippen molar-refractivity contribution in [1.29, 1.82) is 0 Å². The van der Waals surface area contributed by atoms with Gasteiger partial charge in [0.1, 0.15) is 0 Å². The highest BCUT2D eigenvalue weighted by molar-refractivity contribution is 5.66. The number of carboxylic acids is 1. The molecule has 4 nitrogen and oxygen atoms in total. The Morgan fingerprint density at radius 3 is 2.69 bits per heavy atom. The van der Waals surface area contributed by atoms with Crippen LogP contribution < -0.4 is 0 Å². The molecule has 0 bridgehead atoms. The Bertz CT molecular complexity index is 300. The van der Waals surface area contributed by atoms with Gasteiger partial charge in [0.05, 0.1) is 6.61 Å². The fourth-order valence-electron chi connectivity index (χ4n) is 1.33. The van der Waals surface area contributed by atoms with Gasteiger partial charge in [-0.05, 0) is 30.5 Å². The van der Waals surface area contributed by atoms with Crippen LogP contribution in [-0.4, -0.2) is 22.7 Å². The highest BCUT2D eigenvalue weighted by Crippen LogP contribution is 2.03. The average Bonchev–Trinajstić information content (AvgIpc) is 2.29. The molecular weight excluding hydrogens is 206 g/mol. The fourth-order valence-corrected chi connectivity index (χ4v) is 1.33. The van der Waals surface area contributed by atoms with Crippen LogP contribution in [0.3, 0.4) is 0 Å². The maximum absolute atomic E-state index is 10.2. The molecule has 0 radical (unpaired) electrons. The van der Waals surface area contributed by atoms with E-state index in [-0.39, 0.29) is 6.42 Å². The molecule has 0 aliphatic carbocycles. The summed E-state index contributed by atoms with van der Waals surface area (Å²) >= 11 is 0. The number of aromatic nitrogens is 1. The molecule has 0 aliphatic rings. The van der Waals surface area contributed by atoms with Crippen LogP contribution in [0.25, 0.3) is 0 Å². The van der Waals surface area contributed by atoms with Crippen molar-refractivity contribution in [1.82, 2.24) is 4.98 Å². The first-order valence-electron chi connectivity index (χ1n) is 5.47. The zero-order valence-corrected chi connectivity index (χ0v) is 9.26. The number of unbranched alkanes of at least 4 members (excludes halogenated alkanes) is 2. The number of aliphatic carboxylic acids is 1. The molecule has 0 fully saturated rings. The van der Waals surface area contributed by atoms with E-state index >= 15 is 0 Å². The third kappa shape index (κ3) is 6.14. The smallest absolute Gasteiger partial charge is 0.303 e. The number of rotatable bonds is 8. The van der Waals surface area contributed by atoms with E-state index in [2.05, 4.69) is 4.98 Å². The monoisotopic (exact) mass is 223 g/mol. The minimum atomic E-state index is -0.724. The second-order valence-corrected chi connectivity index (χ2v) is 3.61. The lowest BCUT2D eigenvalue weighted by molar-refractivity contribution is -0.137. The van der Waals surface area contributed by atoms with Gasteiger partial charge in [0.25, 0.3) is 0 Å². The molecule has 4 heteroatoms. The largest absolute Gasteiger partial charge is 0.481 e. The highest BCUT2D eigenvalue weighted by atomic mass is 16.5. The van der Waals surface area contributed by atoms with E-state index in [4.69, 9.17) is 9.84 Å². The molecule has 0 atom stereocenters. The first-order valence-corrected chi connectivity index (χ1v) is 5.47. The van der Waals surface area contributed by atoms with Crippen molar-refractivity contribution in [3.05, 3.63) is 30.1 Å². The van der Waals surface area contributed by atoms with Crippen molar-refractivity contribution >= 4 is 5.97 Å². The number of hydrogen-bond donors (Lipinski definition) is 1. The highest BCUT2D eigenvalue weighted by Gasteiger charge is 1.96. The van der Waals surface area contributed by atoms with E-state index in [0.717, 1.165) is 24.8 Å². The summed E-state index contributed by atoms with van der Waals surface area (Å²) in [5, 5.41) is 8.43. The van der Waals surface area contributed by atoms with Crippen molar-refractivity contribution in [3.63, 3.8) is 0 Å². The van der Waals surface area contributed by atoms with Gasteiger partial charge >= 0.3 is 5.97 Å². The topological polar surface area (TPSA) is 59.4 Å². The molecule has 1 N–H and O–H groups in total. The van der Waals surface area contributed by atoms with E-state index in [9.17, 15) is 4.79 Å². The van der Waals surface area contributed by atoms with Crippen LogP contribution in [0.1, 0.15) is 31.2 Å². The third-order valence-electron chi connectivity index (χ3n) is 2.20. The third-order valence-corrected chi connectivity index (χ3v) is 2.20. The summed E-state index contributed by atoms with van der Waals surface area (Å²) < 4.78 is 5.45. The van der Waals surface area contributed by atoms with Crippen LogP contribution in [0.4, 0.5) is 0 Å². The van der Waals surface area contributed by atoms with E-state index in [1.165, 1.54) is 0 Å². The molecule has 0 spiro atoms. The number of carbonyl (C=O) groups is 1. The Hall–Kier alpha value is -1.42. The van der Waals surface area contributed by atoms with Crippen LogP contribution in [0.2, 0.25) is 0 Å². The lowest BCUT2D eigenvalue weighted by Gasteiger charge is -2.03. The van der Waals surface area contributed by atoms with Crippen LogP contribution in [0, 0.1) is 0 Å². The Morgan fingerprint density at radius 1 is 1.25 bits per heavy atom. The molecule has 0 amide bonds. The summed E-state index contributed by atoms with van der Waals surface area (Å²) in [7, 11) is 0. The minimum absolute atomic E-state index is 0.254. The minimum Gasteiger partial charge on any atom is -0.481 e. The number of nitrogens with zero attached hydrogens (tertiary/aromatic N) is 1. The molecule has 1 heterocycles. The Labute approximate surface area is 95.3 Å². The van der Waals surface area contributed by atoms with Gasteiger partial charge in [-0.3, -0.25) is 9.78 Å². The zero-order valence-electron chi connectivity index (χ0n) is 9.26. The summed E-state index contributed by atoms with van der Waals surface area (Å²) in [6.45, 7) is 1.28. The lowest BCUT2D eigenvalue weighted by Crippen LogP contribution is -1.97. The Morgan fingerprint density at radius 2 is 2.00 bits per heavy atom. The second-order valence-electron chi connectivity index (χ2n) is 3.61. The first-order chi connectivity index (χ1) is 7.79. The van der Waals surface area contributed by atoms with Crippen molar-refractivity contribution < 1.29 is 14.6 Å². The van der Waals surface area contributed by atoms with Gasteiger partial charge in [-0.2, -0.15) is 0 Å². The summed E-state index contributed by atoms with van der Waals surface area (Å²) in [6, 6.07) is 3.84. The molecule has 1 aromatic rings. The molecule has 1 aromatic heterocycles. The van der Waals surface area contributed by atoms with Gasteiger partial charge in [0.15, 0.2) is 0 Å². The van der Waals surface area contributed by atoms with Gasteiger partial charge in [0.2, 0.25) is 0 Å². The maximum atomic E-state index is 10.2. The van der Waals surface area contributed by atoms with Crippen LogP contribution in [0.5, 0.6) is 0 Å². The van der Waals surface area contributed by atoms with Gasteiger partial charge in [0, 0.05) is 25.4 Å². The van der Waals surface area contributed by atoms with Crippen molar-refractivity contribution in [2.45, 2.75) is 32.3 Å². The van der Waals surface area contributed by atoms with Crippen molar-refractivity contribution in [2.75, 3.05) is 6.61 Å². The average molecular weight is 223 g/mol. The van der Waals surface area contributed by atoms with Crippen molar-refractivity contribution in [2.24, 2.45) is 0 Å². The second kappa shape index (κ2) is 7.82. The van der Waals surface area contributed by atoms with E-state index in [1.807, 2.05) is 12.1 Å².